The number of benzene rings is 3. The second-order valence-corrected chi connectivity index (χ2v) is 15.1. The number of amides is 4. The molecule has 3 aromatic carbocycles. The molecule has 52 heavy (non-hydrogen) atoms. The van der Waals surface area contributed by atoms with Crippen LogP contribution in [0.15, 0.2) is 95.7 Å². The van der Waals surface area contributed by atoms with Crippen molar-refractivity contribution in [2.45, 2.75) is 44.2 Å². The Morgan fingerprint density at radius 1 is 1.02 bits per heavy atom. The van der Waals surface area contributed by atoms with Gasteiger partial charge in [-0.05, 0) is 75.2 Å². The first-order chi connectivity index (χ1) is 25.0. The van der Waals surface area contributed by atoms with Gasteiger partial charge in [-0.3, -0.25) is 14.4 Å². The molecule has 13 heteroatoms. The lowest BCUT2D eigenvalue weighted by Gasteiger charge is -2.29. The number of fused-ring (bicyclic) bond motifs is 2. The minimum atomic E-state index is -0.620. The van der Waals surface area contributed by atoms with Gasteiger partial charge in [-0.25, -0.2) is 4.79 Å². The maximum Gasteiger partial charge on any atom is 0.410 e. The van der Waals surface area contributed by atoms with E-state index in [1.165, 1.54) is 23.1 Å². The number of H-pyrrole nitrogens is 1. The van der Waals surface area contributed by atoms with Crippen LogP contribution in [0.2, 0.25) is 0 Å². The zero-order chi connectivity index (χ0) is 36.8. The SMILES string of the molecule is CC(C)(C)OC(=O)N1CCc2c(sc(NC(=O)CSc3cccc(NC(=O)/C(=C/c4c[nH]c5ccccc45)NC(=O)c4ccccc4)c3)c2C#N)C1. The molecule has 0 saturated heterocycles. The minimum absolute atomic E-state index is 0.0493. The van der Waals surface area contributed by atoms with Crippen molar-refractivity contribution in [3.63, 3.8) is 0 Å². The highest BCUT2D eigenvalue weighted by Gasteiger charge is 2.30. The molecule has 11 nitrogen and oxygen atoms in total. The number of nitrogens with zero attached hydrogens (tertiary/aromatic N) is 2. The summed E-state index contributed by atoms with van der Waals surface area (Å²) in [5, 5.41) is 19.8. The van der Waals surface area contributed by atoms with Gasteiger partial charge in [0.15, 0.2) is 0 Å². The second kappa shape index (κ2) is 15.6. The molecule has 0 bridgehead atoms. The number of nitriles is 1. The highest BCUT2D eigenvalue weighted by atomic mass is 32.2. The van der Waals surface area contributed by atoms with Crippen LogP contribution in [0, 0.1) is 11.3 Å². The van der Waals surface area contributed by atoms with E-state index >= 15 is 0 Å². The van der Waals surface area contributed by atoms with Crippen LogP contribution in [0.1, 0.15) is 52.7 Å². The van der Waals surface area contributed by atoms with Crippen molar-refractivity contribution in [3.05, 3.63) is 118 Å². The van der Waals surface area contributed by atoms with Crippen molar-refractivity contribution in [1.29, 1.82) is 5.26 Å². The molecule has 2 aromatic heterocycles. The van der Waals surface area contributed by atoms with Crippen molar-refractivity contribution in [2.24, 2.45) is 0 Å². The summed E-state index contributed by atoms with van der Waals surface area (Å²) in [6.45, 7) is 6.16. The fraction of sp³-hybridized carbons (Fsp3) is 0.205. The summed E-state index contributed by atoms with van der Waals surface area (Å²) < 4.78 is 5.51. The molecule has 0 radical (unpaired) electrons. The largest absolute Gasteiger partial charge is 0.444 e. The Morgan fingerprint density at radius 3 is 2.56 bits per heavy atom. The van der Waals surface area contributed by atoms with Crippen molar-refractivity contribution >= 4 is 74.6 Å². The standard InChI is InChI=1S/C39H36N6O5S2/c1-39(2,3)50-38(49)45-17-16-29-30(20-40)37(52-33(29)22-45)44-34(46)23-51-27-13-9-12-26(19-27)42-36(48)32(43-35(47)24-10-5-4-6-11-24)18-25-21-41-31-15-8-7-14-28(25)31/h4-15,18-19,21,41H,16-17,22-23H2,1-3H3,(H,42,48)(H,43,47)(H,44,46)/b32-18-. The van der Waals surface area contributed by atoms with Gasteiger partial charge in [-0.15, -0.1) is 23.1 Å². The monoisotopic (exact) mass is 732 g/mol. The maximum absolute atomic E-state index is 13.7. The highest BCUT2D eigenvalue weighted by Crippen LogP contribution is 2.37. The Morgan fingerprint density at radius 2 is 1.79 bits per heavy atom. The first kappa shape index (κ1) is 36.0. The molecular weight excluding hydrogens is 697 g/mol. The van der Waals surface area contributed by atoms with Crippen molar-refractivity contribution in [2.75, 3.05) is 22.9 Å². The average Bonchev–Trinajstić information content (AvgIpc) is 3.70. The van der Waals surface area contributed by atoms with Crippen molar-refractivity contribution < 1.29 is 23.9 Å². The zero-order valence-electron chi connectivity index (χ0n) is 28.7. The molecule has 0 atom stereocenters. The fourth-order valence-electron chi connectivity index (χ4n) is 5.58. The molecule has 3 heterocycles. The van der Waals surface area contributed by atoms with E-state index in [1.54, 1.807) is 59.6 Å². The summed E-state index contributed by atoms with van der Waals surface area (Å²) in [5.74, 6) is -1.20. The van der Waals surface area contributed by atoms with E-state index in [4.69, 9.17) is 4.74 Å². The molecule has 0 unspecified atom stereocenters. The third-order valence-corrected chi connectivity index (χ3v) is 10.1. The van der Waals surface area contributed by atoms with E-state index in [2.05, 4.69) is 27.0 Å². The molecule has 0 aliphatic carbocycles. The number of para-hydroxylation sites is 1. The van der Waals surface area contributed by atoms with Gasteiger partial charge in [0, 0.05) is 50.2 Å². The molecule has 4 N–H and O–H groups in total. The summed E-state index contributed by atoms with van der Waals surface area (Å²) in [6, 6.07) is 25.6. The lowest BCUT2D eigenvalue weighted by Crippen LogP contribution is -2.39. The molecular formula is C39H36N6O5S2. The summed E-state index contributed by atoms with van der Waals surface area (Å²) in [5.41, 5.74) is 3.20. The number of rotatable bonds is 9. The molecule has 5 aromatic rings. The van der Waals surface area contributed by atoms with Crippen molar-refractivity contribution in [1.82, 2.24) is 15.2 Å². The number of thiophene rings is 1. The molecule has 1 aliphatic rings. The number of aromatic amines is 1. The molecule has 0 fully saturated rings. The van der Waals surface area contributed by atoms with Gasteiger partial charge < -0.3 is 30.6 Å². The van der Waals surface area contributed by atoms with E-state index in [0.29, 0.717) is 41.3 Å². The van der Waals surface area contributed by atoms with Crippen LogP contribution in [-0.2, 0) is 27.3 Å². The summed E-state index contributed by atoms with van der Waals surface area (Å²) in [7, 11) is 0. The van der Waals surface area contributed by atoms with Gasteiger partial charge in [0.25, 0.3) is 11.8 Å². The van der Waals surface area contributed by atoms with E-state index in [1.807, 2.05) is 57.2 Å². The molecule has 1 aliphatic heterocycles. The number of nitrogens with one attached hydrogen (secondary N) is 4. The number of carbonyl (C=O) groups excluding carboxylic acids is 4. The first-order valence-electron chi connectivity index (χ1n) is 16.5. The molecule has 6 rings (SSSR count). The highest BCUT2D eigenvalue weighted by molar-refractivity contribution is 8.00. The van der Waals surface area contributed by atoms with Gasteiger partial charge in [0.05, 0.1) is 17.9 Å². The Labute approximate surface area is 309 Å². The fourth-order valence-corrected chi connectivity index (χ4v) is 7.56. The Hall–Kier alpha value is -5.84. The summed E-state index contributed by atoms with van der Waals surface area (Å²) in [4.78, 5) is 58.8. The normalized spacial score (nSPS) is 12.8. The maximum atomic E-state index is 13.7. The zero-order valence-corrected chi connectivity index (χ0v) is 30.4. The number of thioether (sulfide) groups is 1. The molecule has 0 spiro atoms. The summed E-state index contributed by atoms with van der Waals surface area (Å²) >= 11 is 2.56. The van der Waals surface area contributed by atoms with Crippen LogP contribution in [0.3, 0.4) is 0 Å². The van der Waals surface area contributed by atoms with E-state index < -0.39 is 23.5 Å². The number of hydrogen-bond acceptors (Lipinski definition) is 8. The van der Waals surface area contributed by atoms with E-state index in [0.717, 1.165) is 31.8 Å². The number of hydrogen-bond donors (Lipinski definition) is 4. The van der Waals surface area contributed by atoms with Crippen LogP contribution in [-0.4, -0.2) is 51.6 Å². The summed E-state index contributed by atoms with van der Waals surface area (Å²) in [6.07, 6.45) is 3.49. The van der Waals surface area contributed by atoms with Crippen molar-refractivity contribution in [3.8, 4) is 6.07 Å². The third kappa shape index (κ3) is 8.71. The predicted octanol–water partition coefficient (Wildman–Crippen LogP) is 7.53. The quantitative estimate of drug-likeness (QED) is 0.0902. The number of carbonyl (C=O) groups is 4. The van der Waals surface area contributed by atoms with Gasteiger partial charge in [-0.2, -0.15) is 5.26 Å². The Balaban J connectivity index is 1.11. The lowest BCUT2D eigenvalue weighted by atomic mass is 10.0. The van der Waals surface area contributed by atoms with E-state index in [9.17, 15) is 24.4 Å². The van der Waals surface area contributed by atoms with Crippen LogP contribution in [0.25, 0.3) is 17.0 Å². The van der Waals surface area contributed by atoms with Gasteiger partial charge >= 0.3 is 6.09 Å². The number of aromatic nitrogens is 1. The minimum Gasteiger partial charge on any atom is -0.444 e. The van der Waals surface area contributed by atoms with Gasteiger partial charge in [0.1, 0.15) is 22.4 Å². The Kier molecular flexibility index (Phi) is 10.8. The van der Waals surface area contributed by atoms with Crippen LogP contribution < -0.4 is 16.0 Å². The Bertz CT molecular complexity index is 2230. The second-order valence-electron chi connectivity index (χ2n) is 13.0. The van der Waals surface area contributed by atoms with Crippen LogP contribution in [0.4, 0.5) is 15.5 Å². The molecule has 4 amide bonds. The average molecular weight is 733 g/mol. The third-order valence-electron chi connectivity index (χ3n) is 7.99. The van der Waals surface area contributed by atoms with Crippen LogP contribution >= 0.6 is 23.1 Å². The van der Waals surface area contributed by atoms with Crippen LogP contribution in [0.5, 0.6) is 0 Å². The smallest absolute Gasteiger partial charge is 0.410 e. The van der Waals surface area contributed by atoms with Gasteiger partial charge in [-0.1, -0.05) is 42.5 Å². The topological polar surface area (TPSA) is 156 Å². The number of ether oxygens (including phenoxy) is 1. The van der Waals surface area contributed by atoms with E-state index in [-0.39, 0.29) is 17.4 Å². The van der Waals surface area contributed by atoms with Gasteiger partial charge in [0.2, 0.25) is 5.91 Å². The number of anilines is 2. The lowest BCUT2D eigenvalue weighted by molar-refractivity contribution is -0.114. The molecule has 0 saturated carbocycles. The molecule has 264 valence electrons. The first-order valence-corrected chi connectivity index (χ1v) is 18.3. The predicted molar refractivity (Wildman–Crippen MR) is 204 cm³/mol.